The van der Waals surface area contributed by atoms with Crippen molar-refractivity contribution in [3.63, 3.8) is 0 Å². The lowest BCUT2D eigenvalue weighted by atomic mass is 10.1. The van der Waals surface area contributed by atoms with Gasteiger partial charge in [-0.2, -0.15) is 0 Å². The molecule has 2 rings (SSSR count). The highest BCUT2D eigenvalue weighted by Gasteiger charge is 2.09. The Bertz CT molecular complexity index is 810. The number of hydrazine groups is 1. The first-order valence-corrected chi connectivity index (χ1v) is 9.64. The van der Waals surface area contributed by atoms with Crippen LogP contribution >= 0.6 is 23.8 Å². The molecule has 148 valence electrons. The van der Waals surface area contributed by atoms with Gasteiger partial charge in [0.05, 0.1) is 13.0 Å². The first kappa shape index (κ1) is 21.7. The van der Waals surface area contributed by atoms with Gasteiger partial charge in [0.1, 0.15) is 5.75 Å². The molecule has 2 aromatic rings. The monoisotopic (exact) mass is 419 g/mol. The molecule has 2 aromatic carbocycles. The molecule has 2 amide bonds. The van der Waals surface area contributed by atoms with Crippen molar-refractivity contribution in [1.82, 2.24) is 16.2 Å². The molecular weight excluding hydrogens is 398 g/mol. The largest absolute Gasteiger partial charge is 0.494 e. The molecule has 0 aliphatic rings. The summed E-state index contributed by atoms with van der Waals surface area (Å²) in [5, 5.41) is 3.10. The fraction of sp³-hybridized carbons (Fsp3) is 0.250. The molecule has 0 aromatic heterocycles. The average Bonchev–Trinajstić information content (AvgIpc) is 2.69. The van der Waals surface area contributed by atoms with E-state index in [9.17, 15) is 9.59 Å². The van der Waals surface area contributed by atoms with Gasteiger partial charge < -0.3 is 4.74 Å². The number of halogens is 1. The van der Waals surface area contributed by atoms with Crippen molar-refractivity contribution in [3.05, 3.63) is 64.7 Å². The lowest BCUT2D eigenvalue weighted by Gasteiger charge is -2.11. The van der Waals surface area contributed by atoms with Gasteiger partial charge in [-0.25, -0.2) is 0 Å². The van der Waals surface area contributed by atoms with Crippen LogP contribution in [0.15, 0.2) is 48.5 Å². The van der Waals surface area contributed by atoms with Gasteiger partial charge >= 0.3 is 0 Å². The second-order valence-electron chi connectivity index (χ2n) is 5.99. The van der Waals surface area contributed by atoms with Crippen molar-refractivity contribution in [2.45, 2.75) is 26.2 Å². The Kier molecular flexibility index (Phi) is 8.71. The van der Waals surface area contributed by atoms with Crippen LogP contribution in [-0.2, 0) is 11.2 Å². The quantitative estimate of drug-likeness (QED) is 0.364. The number of ether oxygens (including phenoxy) is 1. The highest BCUT2D eigenvalue weighted by Crippen LogP contribution is 2.13. The molecule has 28 heavy (non-hydrogen) atoms. The molecular formula is C20H22ClN3O3S. The summed E-state index contributed by atoms with van der Waals surface area (Å²) in [7, 11) is 0. The van der Waals surface area contributed by atoms with Crippen LogP contribution in [0.3, 0.4) is 0 Å². The number of hydrogen-bond acceptors (Lipinski definition) is 4. The Balaban J connectivity index is 1.74. The fourth-order valence-electron chi connectivity index (χ4n) is 2.20. The smallest absolute Gasteiger partial charge is 0.257 e. The van der Waals surface area contributed by atoms with Crippen LogP contribution in [0.5, 0.6) is 5.75 Å². The maximum absolute atomic E-state index is 12.2. The number of hydrogen-bond donors (Lipinski definition) is 3. The van der Waals surface area contributed by atoms with E-state index in [1.165, 1.54) is 0 Å². The highest BCUT2D eigenvalue weighted by atomic mass is 35.5. The molecule has 0 spiro atoms. The third kappa shape index (κ3) is 7.54. The number of amides is 2. The molecule has 0 aliphatic carbocycles. The normalized spacial score (nSPS) is 10.1. The summed E-state index contributed by atoms with van der Waals surface area (Å²) in [6, 6.07) is 13.7. The summed E-state index contributed by atoms with van der Waals surface area (Å²) >= 11 is 10.8. The van der Waals surface area contributed by atoms with Gasteiger partial charge in [0.25, 0.3) is 5.91 Å². The summed E-state index contributed by atoms with van der Waals surface area (Å²) in [4.78, 5) is 24.1. The first-order valence-electron chi connectivity index (χ1n) is 8.85. The van der Waals surface area contributed by atoms with Crippen LogP contribution in [0.1, 0.15) is 35.7 Å². The number of carbonyl (C=O) groups excluding carboxylic acids is 2. The van der Waals surface area contributed by atoms with Crippen LogP contribution in [-0.4, -0.2) is 23.5 Å². The van der Waals surface area contributed by atoms with E-state index in [1.807, 2.05) is 0 Å². The average molecular weight is 420 g/mol. The van der Waals surface area contributed by atoms with Crippen LogP contribution in [0.25, 0.3) is 0 Å². The SMILES string of the molecule is CCCCOc1ccc(C(=O)NC(=S)NNC(=O)Cc2ccc(Cl)cc2)cc1. The highest BCUT2D eigenvalue weighted by molar-refractivity contribution is 7.80. The van der Waals surface area contributed by atoms with E-state index in [0.717, 1.165) is 18.4 Å². The Hall–Kier alpha value is -2.64. The van der Waals surface area contributed by atoms with Crippen molar-refractivity contribution < 1.29 is 14.3 Å². The predicted octanol–water partition coefficient (Wildman–Crippen LogP) is 3.40. The van der Waals surface area contributed by atoms with Gasteiger partial charge in [-0.05, 0) is 60.6 Å². The second-order valence-corrected chi connectivity index (χ2v) is 6.83. The standard InChI is InChI=1S/C20H22ClN3O3S/c1-2-3-12-27-17-10-6-15(7-11-17)19(26)22-20(28)24-23-18(25)13-14-4-8-16(21)9-5-14/h4-11H,2-3,12-13H2,1H3,(H,23,25)(H2,22,24,26,28). The van der Waals surface area contributed by atoms with Crippen molar-refractivity contribution in [1.29, 1.82) is 0 Å². The zero-order valence-electron chi connectivity index (χ0n) is 15.5. The van der Waals surface area contributed by atoms with Gasteiger partial charge in [0.15, 0.2) is 5.11 Å². The van der Waals surface area contributed by atoms with E-state index < -0.39 is 0 Å². The van der Waals surface area contributed by atoms with Gasteiger partial charge in [-0.1, -0.05) is 37.1 Å². The van der Waals surface area contributed by atoms with Crippen LogP contribution in [0.2, 0.25) is 5.02 Å². The van der Waals surface area contributed by atoms with Gasteiger partial charge in [0.2, 0.25) is 5.91 Å². The van der Waals surface area contributed by atoms with Gasteiger partial charge in [-0.3, -0.25) is 25.8 Å². The number of nitrogens with one attached hydrogen (secondary N) is 3. The van der Waals surface area contributed by atoms with Crippen LogP contribution < -0.4 is 20.9 Å². The van der Waals surface area contributed by atoms with Crippen molar-refractivity contribution in [3.8, 4) is 5.75 Å². The first-order chi connectivity index (χ1) is 13.5. The van der Waals surface area contributed by atoms with Gasteiger partial charge in [0, 0.05) is 10.6 Å². The molecule has 0 radical (unpaired) electrons. The number of benzene rings is 2. The lowest BCUT2D eigenvalue weighted by molar-refractivity contribution is -0.121. The molecule has 0 bridgehead atoms. The van der Waals surface area contributed by atoms with Crippen molar-refractivity contribution in [2.75, 3.05) is 6.61 Å². The van der Waals surface area contributed by atoms with E-state index >= 15 is 0 Å². The Morgan fingerprint density at radius 3 is 2.36 bits per heavy atom. The summed E-state index contributed by atoms with van der Waals surface area (Å²) < 4.78 is 5.56. The van der Waals surface area contributed by atoms with E-state index in [1.54, 1.807) is 48.5 Å². The molecule has 0 atom stereocenters. The summed E-state index contributed by atoms with van der Waals surface area (Å²) in [5.74, 6) is 0.0252. The van der Waals surface area contributed by atoms with E-state index in [4.69, 9.17) is 28.6 Å². The van der Waals surface area contributed by atoms with Crippen LogP contribution in [0, 0.1) is 0 Å². The Morgan fingerprint density at radius 1 is 1.04 bits per heavy atom. The zero-order valence-corrected chi connectivity index (χ0v) is 17.0. The maximum Gasteiger partial charge on any atom is 0.257 e. The summed E-state index contributed by atoms with van der Waals surface area (Å²) in [5.41, 5.74) is 6.19. The summed E-state index contributed by atoms with van der Waals surface area (Å²) in [6.45, 7) is 2.74. The van der Waals surface area contributed by atoms with E-state index in [-0.39, 0.29) is 23.3 Å². The van der Waals surface area contributed by atoms with Crippen molar-refractivity contribution >= 4 is 40.7 Å². The zero-order chi connectivity index (χ0) is 20.4. The number of carbonyl (C=O) groups is 2. The molecule has 0 heterocycles. The van der Waals surface area contributed by atoms with E-state index in [2.05, 4.69) is 23.1 Å². The minimum absolute atomic E-state index is 0.00210. The lowest BCUT2D eigenvalue weighted by Crippen LogP contribution is -2.48. The molecule has 0 saturated heterocycles. The Morgan fingerprint density at radius 2 is 1.71 bits per heavy atom. The molecule has 0 aliphatic heterocycles. The van der Waals surface area contributed by atoms with Gasteiger partial charge in [-0.15, -0.1) is 0 Å². The molecule has 0 saturated carbocycles. The topological polar surface area (TPSA) is 79.5 Å². The minimum Gasteiger partial charge on any atom is -0.494 e. The molecule has 0 unspecified atom stereocenters. The number of rotatable bonds is 7. The third-order valence-electron chi connectivity index (χ3n) is 3.70. The maximum atomic E-state index is 12.2. The van der Waals surface area contributed by atoms with Crippen molar-refractivity contribution in [2.24, 2.45) is 0 Å². The fourth-order valence-corrected chi connectivity index (χ4v) is 2.47. The Labute approximate surface area is 174 Å². The number of unbranched alkanes of at least 4 members (excludes halogenated alkanes) is 1. The second kappa shape index (κ2) is 11.3. The number of thiocarbonyl (C=S) groups is 1. The molecule has 6 nitrogen and oxygen atoms in total. The van der Waals surface area contributed by atoms with Crippen LogP contribution in [0.4, 0.5) is 0 Å². The minimum atomic E-state index is -0.385. The molecule has 0 fully saturated rings. The predicted molar refractivity (Wildman–Crippen MR) is 113 cm³/mol. The third-order valence-corrected chi connectivity index (χ3v) is 4.16. The van der Waals surface area contributed by atoms with E-state index in [0.29, 0.717) is 22.9 Å². The summed E-state index contributed by atoms with van der Waals surface area (Å²) in [6.07, 6.45) is 2.19. The molecule has 8 heteroatoms. The molecule has 3 N–H and O–H groups in total.